The fourth-order valence-corrected chi connectivity index (χ4v) is 4.29. The summed E-state index contributed by atoms with van der Waals surface area (Å²) >= 11 is 0. The van der Waals surface area contributed by atoms with E-state index in [-0.39, 0.29) is 5.75 Å². The van der Waals surface area contributed by atoms with Crippen LogP contribution in [0.25, 0.3) is 0 Å². The number of nitrogens with zero attached hydrogens (tertiary/aromatic N) is 2. The number of sulfonamides is 1. The Morgan fingerprint density at radius 1 is 1.08 bits per heavy atom. The zero-order valence-electron chi connectivity index (χ0n) is 14.2. The van der Waals surface area contributed by atoms with E-state index in [2.05, 4.69) is 11.9 Å². The van der Waals surface area contributed by atoms with Gasteiger partial charge in [-0.25, -0.2) is 8.42 Å². The van der Waals surface area contributed by atoms with Crippen LogP contribution in [0.3, 0.4) is 0 Å². The second-order valence-electron chi connectivity index (χ2n) is 6.40. The molecule has 0 bridgehead atoms. The van der Waals surface area contributed by atoms with E-state index in [4.69, 9.17) is 0 Å². The summed E-state index contributed by atoms with van der Waals surface area (Å²) in [7, 11) is -3.43. The van der Waals surface area contributed by atoms with E-state index < -0.39 is 10.0 Å². The molecule has 6 heteroatoms. The smallest absolute Gasteiger partial charge is 0.243 e. The fourth-order valence-electron chi connectivity index (χ4n) is 2.82. The van der Waals surface area contributed by atoms with Gasteiger partial charge in [0.2, 0.25) is 10.0 Å². The number of piperidine rings is 1. The van der Waals surface area contributed by atoms with Crippen molar-refractivity contribution >= 4 is 21.9 Å². The predicted molar refractivity (Wildman–Crippen MR) is 99.0 cm³/mol. The minimum atomic E-state index is -3.43. The summed E-state index contributed by atoms with van der Waals surface area (Å²) in [5, 5.41) is 9.73. The molecule has 0 radical (unpaired) electrons. The average Bonchev–Trinajstić information content (AvgIpc) is 2.62. The van der Waals surface area contributed by atoms with Gasteiger partial charge in [-0.05, 0) is 55.2 Å². The Balaban J connectivity index is 1.75. The van der Waals surface area contributed by atoms with Crippen LogP contribution in [0.5, 0.6) is 5.75 Å². The molecule has 2 aromatic rings. The van der Waals surface area contributed by atoms with E-state index in [0.717, 1.165) is 12.8 Å². The molecule has 0 unspecified atom stereocenters. The number of para-hydroxylation sites is 1. The van der Waals surface area contributed by atoms with E-state index in [0.29, 0.717) is 35.2 Å². The fraction of sp³-hybridized carbons (Fsp3) is 0.316. The summed E-state index contributed by atoms with van der Waals surface area (Å²) in [4.78, 5) is 4.58. The van der Waals surface area contributed by atoms with Gasteiger partial charge in [0, 0.05) is 24.9 Å². The van der Waals surface area contributed by atoms with Gasteiger partial charge in [-0.1, -0.05) is 19.1 Å². The molecule has 1 saturated heterocycles. The monoisotopic (exact) mass is 358 g/mol. The molecular formula is C19H22N2O3S. The highest BCUT2D eigenvalue weighted by Crippen LogP contribution is 2.25. The highest BCUT2D eigenvalue weighted by molar-refractivity contribution is 7.89. The SMILES string of the molecule is CC1CCN(S(=O)(=O)c2ccc(N=Cc3ccccc3O)cc2)CC1. The molecule has 0 amide bonds. The Kier molecular flexibility index (Phi) is 5.20. The van der Waals surface area contributed by atoms with E-state index in [1.807, 2.05) is 6.07 Å². The summed E-state index contributed by atoms with van der Waals surface area (Å²) in [6.07, 6.45) is 3.37. The maximum absolute atomic E-state index is 12.7. The van der Waals surface area contributed by atoms with Crippen LogP contribution in [0.15, 0.2) is 58.4 Å². The lowest BCUT2D eigenvalue weighted by molar-refractivity contribution is 0.288. The number of rotatable bonds is 4. The molecule has 1 heterocycles. The zero-order chi connectivity index (χ0) is 17.9. The number of phenolic OH excluding ortho intramolecular Hbond substituents is 1. The molecule has 1 aliphatic rings. The molecule has 3 rings (SSSR count). The molecule has 1 fully saturated rings. The van der Waals surface area contributed by atoms with Gasteiger partial charge in [0.05, 0.1) is 10.6 Å². The zero-order valence-corrected chi connectivity index (χ0v) is 15.0. The topological polar surface area (TPSA) is 70.0 Å². The first-order valence-electron chi connectivity index (χ1n) is 8.39. The average molecular weight is 358 g/mol. The Hall–Kier alpha value is -2.18. The second-order valence-corrected chi connectivity index (χ2v) is 8.34. The molecule has 132 valence electrons. The molecule has 1 aliphatic heterocycles. The standard InChI is InChI=1S/C19H22N2O3S/c1-15-10-12-21(13-11-15)25(23,24)18-8-6-17(7-9-18)20-14-16-4-2-3-5-19(16)22/h2-9,14-15,22H,10-13H2,1H3. The maximum atomic E-state index is 12.7. The third kappa shape index (κ3) is 4.08. The Labute approximate surface area is 148 Å². The van der Waals surface area contributed by atoms with Gasteiger partial charge in [-0.15, -0.1) is 0 Å². The van der Waals surface area contributed by atoms with E-state index >= 15 is 0 Å². The van der Waals surface area contributed by atoms with Crippen LogP contribution in [-0.4, -0.2) is 37.1 Å². The van der Waals surface area contributed by atoms with Gasteiger partial charge in [0.25, 0.3) is 0 Å². The highest BCUT2D eigenvalue weighted by atomic mass is 32.2. The van der Waals surface area contributed by atoms with Crippen LogP contribution in [0, 0.1) is 5.92 Å². The summed E-state index contributed by atoms with van der Waals surface area (Å²) < 4.78 is 26.9. The molecule has 0 atom stereocenters. The Bertz CT molecular complexity index is 852. The van der Waals surface area contributed by atoms with Crippen molar-refractivity contribution in [2.24, 2.45) is 10.9 Å². The summed E-state index contributed by atoms with van der Waals surface area (Å²) in [6.45, 7) is 3.31. The van der Waals surface area contributed by atoms with Gasteiger partial charge in [0.15, 0.2) is 0 Å². The molecule has 5 nitrogen and oxygen atoms in total. The number of hydrogen-bond donors (Lipinski definition) is 1. The second kappa shape index (κ2) is 7.37. The number of phenols is 1. The van der Waals surface area contributed by atoms with Gasteiger partial charge in [-0.2, -0.15) is 4.31 Å². The number of aliphatic imine (C=N–C) groups is 1. The first kappa shape index (κ1) is 17.6. The summed E-state index contributed by atoms with van der Waals surface area (Å²) in [6, 6.07) is 13.4. The highest BCUT2D eigenvalue weighted by Gasteiger charge is 2.27. The van der Waals surface area contributed by atoms with Crippen molar-refractivity contribution in [1.82, 2.24) is 4.31 Å². The number of hydrogen-bond acceptors (Lipinski definition) is 4. The predicted octanol–water partition coefficient (Wildman–Crippen LogP) is 3.56. The quantitative estimate of drug-likeness (QED) is 0.850. The molecule has 1 N–H and O–H groups in total. The van der Waals surface area contributed by atoms with Crippen molar-refractivity contribution in [3.63, 3.8) is 0 Å². The van der Waals surface area contributed by atoms with Gasteiger partial charge < -0.3 is 5.11 Å². The van der Waals surface area contributed by atoms with E-state index in [9.17, 15) is 13.5 Å². The van der Waals surface area contributed by atoms with Crippen molar-refractivity contribution in [3.05, 3.63) is 54.1 Å². The Morgan fingerprint density at radius 2 is 1.72 bits per heavy atom. The summed E-state index contributed by atoms with van der Waals surface area (Å²) in [5.74, 6) is 0.738. The van der Waals surface area contributed by atoms with Crippen LogP contribution in [0.4, 0.5) is 5.69 Å². The molecule has 0 aliphatic carbocycles. The van der Waals surface area contributed by atoms with Crippen molar-refractivity contribution in [2.45, 2.75) is 24.7 Å². The van der Waals surface area contributed by atoms with Crippen molar-refractivity contribution in [1.29, 1.82) is 0 Å². The molecule has 0 aromatic heterocycles. The Morgan fingerprint density at radius 3 is 2.36 bits per heavy atom. The lowest BCUT2D eigenvalue weighted by atomic mass is 10.0. The largest absolute Gasteiger partial charge is 0.507 e. The number of benzene rings is 2. The van der Waals surface area contributed by atoms with Crippen LogP contribution >= 0.6 is 0 Å². The third-order valence-corrected chi connectivity index (χ3v) is 6.42. The number of aromatic hydroxyl groups is 1. The normalized spacial score (nSPS) is 17.2. The molecule has 25 heavy (non-hydrogen) atoms. The van der Waals surface area contributed by atoms with Crippen molar-refractivity contribution < 1.29 is 13.5 Å². The van der Waals surface area contributed by atoms with Crippen LogP contribution in [0.1, 0.15) is 25.3 Å². The molecule has 2 aromatic carbocycles. The minimum absolute atomic E-state index is 0.157. The van der Waals surface area contributed by atoms with Gasteiger partial charge in [0.1, 0.15) is 5.75 Å². The van der Waals surface area contributed by atoms with Crippen molar-refractivity contribution in [2.75, 3.05) is 13.1 Å². The first-order chi connectivity index (χ1) is 12.0. The molecular weight excluding hydrogens is 336 g/mol. The van der Waals surface area contributed by atoms with E-state index in [1.54, 1.807) is 53.0 Å². The maximum Gasteiger partial charge on any atom is 0.243 e. The third-order valence-electron chi connectivity index (χ3n) is 4.51. The minimum Gasteiger partial charge on any atom is -0.507 e. The molecule has 0 saturated carbocycles. The van der Waals surface area contributed by atoms with E-state index in [1.165, 1.54) is 0 Å². The lowest BCUT2D eigenvalue weighted by Crippen LogP contribution is -2.37. The van der Waals surface area contributed by atoms with Gasteiger partial charge >= 0.3 is 0 Å². The first-order valence-corrected chi connectivity index (χ1v) is 9.83. The van der Waals surface area contributed by atoms with Crippen LogP contribution < -0.4 is 0 Å². The summed E-state index contributed by atoms with van der Waals surface area (Å²) in [5.41, 5.74) is 1.25. The lowest BCUT2D eigenvalue weighted by Gasteiger charge is -2.29. The van der Waals surface area contributed by atoms with Crippen LogP contribution in [-0.2, 0) is 10.0 Å². The van der Waals surface area contributed by atoms with Gasteiger partial charge in [-0.3, -0.25) is 4.99 Å². The van der Waals surface area contributed by atoms with Crippen LogP contribution in [0.2, 0.25) is 0 Å². The van der Waals surface area contributed by atoms with Crippen molar-refractivity contribution in [3.8, 4) is 5.75 Å². The molecule has 0 spiro atoms.